The molecule has 3 aromatic rings. The maximum Gasteiger partial charge on any atom is 0.416 e. The van der Waals surface area contributed by atoms with Crippen LogP contribution in [0.4, 0.5) is 16.2 Å². The number of aliphatic hydroxyl groups excluding tert-OH is 1. The second kappa shape index (κ2) is 10.6. The lowest BCUT2D eigenvalue weighted by Crippen LogP contribution is -2.69. The van der Waals surface area contributed by atoms with Gasteiger partial charge in [0.15, 0.2) is 0 Å². The van der Waals surface area contributed by atoms with Crippen LogP contribution < -0.4 is 14.5 Å². The number of sulfonamides is 1. The molecule has 0 bridgehead atoms. The van der Waals surface area contributed by atoms with Crippen LogP contribution in [0.25, 0.3) is 0 Å². The van der Waals surface area contributed by atoms with Crippen LogP contribution in [0.1, 0.15) is 43.9 Å². The maximum absolute atomic E-state index is 14.1. The van der Waals surface area contributed by atoms with Gasteiger partial charge in [-0.3, -0.25) is 4.90 Å². The van der Waals surface area contributed by atoms with Gasteiger partial charge in [0, 0.05) is 19.3 Å². The zero-order chi connectivity index (χ0) is 30.5. The molecule has 0 unspecified atom stereocenters. The van der Waals surface area contributed by atoms with E-state index in [1.807, 2.05) is 88.2 Å². The number of para-hydroxylation sites is 2. The standard InChI is InChI=1S/C33H39N3O5S/c1-7-32(22-37)25-12-8-11-15-28(25)36(30(38)41-31(3,4)5)29-33(32,26-13-9-10-14-27(26)35(29)6)20-21-34-42(39,40)24-18-16-23(2)17-19-24/h7-19,29,34,37H,1,20-22H2,2-6H3/t29-,32-,33-/m0/s1. The fourth-order valence-electron chi connectivity index (χ4n) is 6.82. The normalized spacial score (nSPS) is 23.1. The van der Waals surface area contributed by atoms with Crippen molar-refractivity contribution in [3.8, 4) is 0 Å². The van der Waals surface area contributed by atoms with E-state index in [2.05, 4.69) is 11.3 Å². The molecule has 0 spiro atoms. The molecule has 0 saturated heterocycles. The summed E-state index contributed by atoms with van der Waals surface area (Å²) in [7, 11) is -1.91. The van der Waals surface area contributed by atoms with Crippen LogP contribution in [0.15, 0.2) is 90.3 Å². The molecular weight excluding hydrogens is 550 g/mol. The van der Waals surface area contributed by atoms with Crippen LogP contribution in [-0.4, -0.2) is 51.6 Å². The molecule has 1 amide bonds. The first-order valence-corrected chi connectivity index (χ1v) is 15.6. The third kappa shape index (κ3) is 4.51. The first-order chi connectivity index (χ1) is 19.8. The number of carbonyl (C=O) groups is 1. The number of hydrogen-bond acceptors (Lipinski definition) is 6. The molecule has 222 valence electrons. The Morgan fingerprint density at radius 3 is 2.21 bits per heavy atom. The first-order valence-electron chi connectivity index (χ1n) is 14.1. The predicted molar refractivity (Wildman–Crippen MR) is 165 cm³/mol. The van der Waals surface area contributed by atoms with E-state index in [-0.39, 0.29) is 24.5 Å². The Morgan fingerprint density at radius 1 is 1.02 bits per heavy atom. The van der Waals surface area contributed by atoms with Crippen LogP contribution >= 0.6 is 0 Å². The number of anilines is 2. The summed E-state index contributed by atoms with van der Waals surface area (Å²) in [5, 5.41) is 11.3. The van der Waals surface area contributed by atoms with E-state index in [0.29, 0.717) is 5.69 Å². The predicted octanol–water partition coefficient (Wildman–Crippen LogP) is 5.25. The topological polar surface area (TPSA) is 99.2 Å². The van der Waals surface area contributed by atoms with Gasteiger partial charge in [-0.25, -0.2) is 17.9 Å². The van der Waals surface area contributed by atoms with Crippen molar-refractivity contribution in [2.45, 2.75) is 61.6 Å². The lowest BCUT2D eigenvalue weighted by atomic mass is 9.53. The SMILES string of the molecule is C=C[C@]1(CO)c2ccccc2N(C(=O)OC(C)(C)C)[C@@H]2N(C)c3ccccc3[C@@]21CCNS(=O)(=O)c1ccc(C)cc1. The Hall–Kier alpha value is -3.66. The van der Waals surface area contributed by atoms with Gasteiger partial charge in [0.05, 0.1) is 28.0 Å². The molecule has 8 nitrogen and oxygen atoms in total. The number of likely N-dealkylation sites (N-methyl/N-ethyl adjacent to an activating group) is 1. The van der Waals surface area contributed by atoms with E-state index in [0.717, 1.165) is 22.4 Å². The number of benzene rings is 3. The Morgan fingerprint density at radius 2 is 1.62 bits per heavy atom. The largest absolute Gasteiger partial charge is 0.443 e. The summed E-state index contributed by atoms with van der Waals surface area (Å²) in [6.45, 7) is 11.3. The number of rotatable bonds is 7. The number of fused-ring (bicyclic) bond motifs is 4. The number of ether oxygens (including phenoxy) is 1. The molecule has 3 atom stereocenters. The van der Waals surface area contributed by atoms with E-state index in [4.69, 9.17) is 4.74 Å². The Kier molecular flexibility index (Phi) is 7.50. The Labute approximate surface area is 248 Å². The van der Waals surface area contributed by atoms with Gasteiger partial charge < -0.3 is 14.7 Å². The number of nitrogens with one attached hydrogen (secondary N) is 1. The van der Waals surface area contributed by atoms with Crippen molar-refractivity contribution in [3.05, 3.63) is 102 Å². The third-order valence-electron chi connectivity index (χ3n) is 8.59. The summed E-state index contributed by atoms with van der Waals surface area (Å²) in [6.07, 6.45) is 0.827. The summed E-state index contributed by atoms with van der Waals surface area (Å²) in [5.74, 6) is 0. The van der Waals surface area contributed by atoms with E-state index in [1.54, 1.807) is 35.2 Å². The molecule has 9 heteroatoms. The van der Waals surface area contributed by atoms with Gasteiger partial charge in [0.2, 0.25) is 10.0 Å². The minimum atomic E-state index is -3.82. The molecule has 3 aromatic carbocycles. The van der Waals surface area contributed by atoms with E-state index in [9.17, 15) is 18.3 Å². The van der Waals surface area contributed by atoms with Crippen molar-refractivity contribution in [2.75, 3.05) is 30.0 Å². The van der Waals surface area contributed by atoms with Crippen LogP contribution in [0.5, 0.6) is 0 Å². The minimum absolute atomic E-state index is 0.0504. The van der Waals surface area contributed by atoms with Crippen molar-refractivity contribution < 1.29 is 23.1 Å². The van der Waals surface area contributed by atoms with Crippen LogP contribution in [-0.2, 0) is 25.6 Å². The molecule has 0 radical (unpaired) electrons. The highest BCUT2D eigenvalue weighted by molar-refractivity contribution is 7.89. The van der Waals surface area contributed by atoms with Gasteiger partial charge in [0.1, 0.15) is 11.8 Å². The van der Waals surface area contributed by atoms with Crippen LogP contribution in [0, 0.1) is 6.92 Å². The fourth-order valence-corrected chi connectivity index (χ4v) is 7.85. The number of aryl methyl sites for hydroxylation is 1. The zero-order valence-corrected chi connectivity index (χ0v) is 25.6. The Balaban J connectivity index is 1.71. The van der Waals surface area contributed by atoms with E-state index in [1.165, 1.54) is 0 Å². The molecule has 2 aliphatic rings. The first kappa shape index (κ1) is 29.8. The monoisotopic (exact) mass is 589 g/mol. The second-order valence-corrected chi connectivity index (χ2v) is 13.9. The second-order valence-electron chi connectivity index (χ2n) is 12.1. The van der Waals surface area contributed by atoms with Crippen LogP contribution in [0.2, 0.25) is 0 Å². The van der Waals surface area contributed by atoms with Crippen molar-refractivity contribution >= 4 is 27.5 Å². The van der Waals surface area contributed by atoms with E-state index < -0.39 is 38.7 Å². The molecule has 5 rings (SSSR count). The van der Waals surface area contributed by atoms with Gasteiger partial charge in [-0.15, -0.1) is 6.58 Å². The number of aliphatic hydroxyl groups is 1. The van der Waals surface area contributed by atoms with E-state index >= 15 is 0 Å². The quantitative estimate of drug-likeness (QED) is 0.366. The van der Waals surface area contributed by atoms with Gasteiger partial charge in [0.25, 0.3) is 0 Å². The van der Waals surface area contributed by atoms with Crippen molar-refractivity contribution in [2.24, 2.45) is 0 Å². The smallest absolute Gasteiger partial charge is 0.416 e. The molecule has 2 heterocycles. The molecule has 2 aliphatic heterocycles. The lowest BCUT2D eigenvalue weighted by molar-refractivity contribution is 0.0486. The summed E-state index contributed by atoms with van der Waals surface area (Å²) in [5.41, 5.74) is 1.24. The summed E-state index contributed by atoms with van der Waals surface area (Å²) in [6, 6.07) is 22.0. The van der Waals surface area contributed by atoms with Crippen molar-refractivity contribution in [1.29, 1.82) is 0 Å². The van der Waals surface area contributed by atoms with Gasteiger partial charge in [-0.1, -0.05) is 60.2 Å². The average Bonchev–Trinajstić information content (AvgIpc) is 3.19. The molecule has 0 aromatic heterocycles. The van der Waals surface area contributed by atoms with Crippen LogP contribution in [0.3, 0.4) is 0 Å². The average molecular weight is 590 g/mol. The summed E-state index contributed by atoms with van der Waals surface area (Å²) >= 11 is 0. The lowest BCUT2D eigenvalue weighted by Gasteiger charge is -2.58. The maximum atomic E-state index is 14.1. The number of nitrogens with zero attached hydrogens (tertiary/aromatic N) is 2. The third-order valence-corrected chi connectivity index (χ3v) is 10.1. The number of hydrogen-bond donors (Lipinski definition) is 2. The zero-order valence-electron chi connectivity index (χ0n) is 24.8. The number of amides is 1. The fraction of sp³-hybridized carbons (Fsp3) is 0.364. The summed E-state index contributed by atoms with van der Waals surface area (Å²) in [4.78, 5) is 17.9. The Bertz CT molecular complexity index is 1620. The van der Waals surface area contributed by atoms with Gasteiger partial charge in [-0.05, 0) is 69.5 Å². The molecule has 0 aliphatic carbocycles. The molecule has 0 fully saturated rings. The molecular formula is C33H39N3O5S. The summed E-state index contributed by atoms with van der Waals surface area (Å²) < 4.78 is 35.4. The highest BCUT2D eigenvalue weighted by Crippen LogP contribution is 2.63. The van der Waals surface area contributed by atoms with Crippen molar-refractivity contribution in [1.82, 2.24) is 4.72 Å². The van der Waals surface area contributed by atoms with Gasteiger partial charge >= 0.3 is 6.09 Å². The van der Waals surface area contributed by atoms with Crippen molar-refractivity contribution in [3.63, 3.8) is 0 Å². The highest BCUT2D eigenvalue weighted by Gasteiger charge is 2.67. The van der Waals surface area contributed by atoms with Gasteiger partial charge in [-0.2, -0.15) is 0 Å². The highest BCUT2D eigenvalue weighted by atomic mass is 32.2. The molecule has 42 heavy (non-hydrogen) atoms. The minimum Gasteiger partial charge on any atom is -0.443 e. The molecule has 2 N–H and O–H groups in total. The number of carbonyl (C=O) groups excluding carboxylic acids is 1. The molecule has 0 saturated carbocycles.